The van der Waals surface area contributed by atoms with Gasteiger partial charge in [0.15, 0.2) is 0 Å². The molecule has 0 fully saturated rings. The van der Waals surface area contributed by atoms with E-state index in [1.54, 1.807) is 11.3 Å². The molecule has 0 saturated heterocycles. The monoisotopic (exact) mass is 640 g/mol. The zero-order valence-electron chi connectivity index (χ0n) is 16.5. The summed E-state index contributed by atoms with van der Waals surface area (Å²) in [6.45, 7) is 6.87. The molecule has 0 spiro atoms. The van der Waals surface area contributed by atoms with Crippen LogP contribution in [0.3, 0.4) is 0 Å². The van der Waals surface area contributed by atoms with Crippen molar-refractivity contribution in [3.63, 3.8) is 0 Å². The summed E-state index contributed by atoms with van der Waals surface area (Å²) >= 11 is 1.75. The molecule has 0 amide bonds. The zero-order valence-corrected chi connectivity index (χ0v) is 22.6. The van der Waals surface area contributed by atoms with E-state index in [1.807, 2.05) is 6.07 Å². The van der Waals surface area contributed by atoms with E-state index in [0.717, 1.165) is 23.0 Å². The molecule has 28 heavy (non-hydrogen) atoms. The predicted molar refractivity (Wildman–Crippen MR) is 114 cm³/mol. The molecule has 144 valence electrons. The molecule has 5 rings (SSSR count). The first-order chi connectivity index (χ1) is 12.0. The van der Waals surface area contributed by atoms with Crippen LogP contribution in [0.15, 0.2) is 47.8 Å². The van der Waals surface area contributed by atoms with Gasteiger partial charge >= 0.3 is 0 Å². The van der Waals surface area contributed by atoms with E-state index in [1.165, 1.54) is 26.7 Å². The first-order valence-corrected chi connectivity index (χ1v) is 9.50. The van der Waals surface area contributed by atoms with Crippen molar-refractivity contribution in [2.45, 2.75) is 27.2 Å². The summed E-state index contributed by atoms with van der Waals surface area (Å²) < 4.78 is 2.30. The maximum Gasteiger partial charge on any atom is 0.118 e. The fourth-order valence-corrected chi connectivity index (χ4v) is 4.61. The second-order valence-corrected chi connectivity index (χ2v) is 8.82. The van der Waals surface area contributed by atoms with Crippen molar-refractivity contribution < 1.29 is 52.8 Å². The number of nitrogens with zero attached hydrogens (tertiary/aromatic N) is 2. The molecule has 5 aromatic rings. The predicted octanol–water partition coefficient (Wildman–Crippen LogP) is 6.69. The fourth-order valence-electron chi connectivity index (χ4n) is 3.76. The smallest absolute Gasteiger partial charge is 0.118 e. The van der Waals surface area contributed by atoms with Crippen LogP contribution in [-0.2, 0) is 59.2 Å². The number of imidazole rings is 1. The Bertz CT molecular complexity index is 1260. The Morgan fingerprint density at radius 1 is 1.11 bits per heavy atom. The maximum absolute atomic E-state index is 4.88. The molecule has 0 atom stereocenters. The summed E-state index contributed by atoms with van der Waals surface area (Å²) in [4.78, 5) is 6.09. The Morgan fingerprint density at radius 2 is 1.89 bits per heavy atom. The van der Waals surface area contributed by atoms with Gasteiger partial charge in [0.1, 0.15) is 4.83 Å². The van der Waals surface area contributed by atoms with Crippen molar-refractivity contribution in [2.24, 2.45) is 5.41 Å². The third-order valence-corrected chi connectivity index (χ3v) is 5.56. The second-order valence-electron chi connectivity index (χ2n) is 7.93. The van der Waals surface area contributed by atoms with E-state index < -0.39 is 0 Å². The van der Waals surface area contributed by atoms with Gasteiger partial charge in [0.2, 0.25) is 0 Å². The van der Waals surface area contributed by atoms with Crippen molar-refractivity contribution in [1.82, 2.24) is 9.38 Å². The van der Waals surface area contributed by atoms with Gasteiger partial charge in [-0.3, -0.25) is 4.98 Å². The first kappa shape index (κ1) is 23.6. The number of aromatic nitrogens is 2. The molecule has 0 unspecified atom stereocenters. The van der Waals surface area contributed by atoms with E-state index in [2.05, 4.69) is 73.0 Å². The number of thiophene rings is 1. The number of hydrogen-bond acceptors (Lipinski definition) is 2. The molecule has 2 nitrogen and oxygen atoms in total. The van der Waals surface area contributed by atoms with Crippen molar-refractivity contribution in [2.75, 3.05) is 0 Å². The molecular weight excluding hydrogens is 617 g/mol. The van der Waals surface area contributed by atoms with Gasteiger partial charge in [0.05, 0.1) is 11.2 Å². The molecular formula is C23H22IrN2SY-2. The van der Waals surface area contributed by atoms with Crippen molar-refractivity contribution in [3.8, 4) is 0 Å². The van der Waals surface area contributed by atoms with Gasteiger partial charge in [-0.25, -0.2) is 0 Å². The molecule has 2 radical (unpaired) electrons. The molecule has 5 heteroatoms. The standard InChI is InChI=1S/C22H19N2S.CH3.Ir.Y/c1-22(2,3)13-14-8-9-19-17(12-14)15-6-4-5-7-16(15)20-23-18-10-11-25-21(18)24(19)20;;;/h4-6,8-12H,13H2,1-3H3;1H3;;/q2*-1;;. The van der Waals surface area contributed by atoms with E-state index >= 15 is 0 Å². The van der Waals surface area contributed by atoms with Gasteiger partial charge in [0.25, 0.3) is 0 Å². The second kappa shape index (κ2) is 8.62. The maximum atomic E-state index is 4.88. The van der Waals surface area contributed by atoms with Crippen molar-refractivity contribution in [3.05, 3.63) is 66.9 Å². The number of hydrogen-bond donors (Lipinski definition) is 0. The Labute approximate surface area is 209 Å². The molecule has 0 saturated carbocycles. The van der Waals surface area contributed by atoms with Gasteiger partial charge in [-0.1, -0.05) is 38.3 Å². The molecule has 2 aromatic carbocycles. The molecule has 0 N–H and O–H groups in total. The summed E-state index contributed by atoms with van der Waals surface area (Å²) in [6.07, 6.45) is 1.07. The molecule has 3 aromatic heterocycles. The van der Waals surface area contributed by atoms with Crippen LogP contribution in [-0.4, -0.2) is 9.38 Å². The Kier molecular flexibility index (Phi) is 7.28. The quantitative estimate of drug-likeness (QED) is 0.148. The van der Waals surface area contributed by atoms with Gasteiger partial charge in [0, 0.05) is 58.3 Å². The van der Waals surface area contributed by atoms with Crippen LogP contribution in [0.4, 0.5) is 0 Å². The summed E-state index contributed by atoms with van der Waals surface area (Å²) in [6, 6.07) is 18.7. The summed E-state index contributed by atoms with van der Waals surface area (Å²) in [5.41, 5.74) is 4.95. The molecule has 0 bridgehead atoms. The van der Waals surface area contributed by atoms with E-state index in [4.69, 9.17) is 4.98 Å². The van der Waals surface area contributed by atoms with E-state index in [9.17, 15) is 0 Å². The Morgan fingerprint density at radius 3 is 2.64 bits per heavy atom. The molecule has 3 heterocycles. The largest absolute Gasteiger partial charge is 0.358 e. The molecule has 0 aliphatic heterocycles. The molecule has 0 aliphatic rings. The number of rotatable bonds is 1. The average Bonchev–Trinajstić information content (AvgIpc) is 3.14. The summed E-state index contributed by atoms with van der Waals surface area (Å²) in [5, 5.41) is 5.74. The normalized spacial score (nSPS) is 11.4. The van der Waals surface area contributed by atoms with E-state index in [0.29, 0.717) is 0 Å². The van der Waals surface area contributed by atoms with Gasteiger partial charge in [-0.2, -0.15) is 0 Å². The van der Waals surface area contributed by atoms with Gasteiger partial charge in [-0.15, -0.1) is 41.0 Å². The van der Waals surface area contributed by atoms with Crippen LogP contribution >= 0.6 is 11.3 Å². The minimum Gasteiger partial charge on any atom is -0.358 e. The minimum atomic E-state index is 0. The zero-order chi connectivity index (χ0) is 17.2. The van der Waals surface area contributed by atoms with E-state index in [-0.39, 0.29) is 65.7 Å². The van der Waals surface area contributed by atoms with Crippen LogP contribution in [0.1, 0.15) is 26.3 Å². The number of benzene rings is 2. The summed E-state index contributed by atoms with van der Waals surface area (Å²) in [5.74, 6) is 0. The SMILES string of the molecule is CC(C)(C)Cc1ccc2c(c1)c1ccc[c-]c1c1nc3ccsc3n21.[CH3-].[Ir].[Y]. The van der Waals surface area contributed by atoms with Crippen LogP contribution < -0.4 is 0 Å². The van der Waals surface area contributed by atoms with Crippen molar-refractivity contribution in [1.29, 1.82) is 0 Å². The Balaban J connectivity index is 0.000000934. The average molecular weight is 640 g/mol. The van der Waals surface area contributed by atoms with Crippen LogP contribution in [0.2, 0.25) is 0 Å². The topological polar surface area (TPSA) is 17.3 Å². The molecule has 0 aliphatic carbocycles. The fraction of sp³-hybridized carbons (Fsp3) is 0.217. The number of pyridine rings is 1. The number of fused-ring (bicyclic) bond motifs is 8. The minimum absolute atomic E-state index is 0. The van der Waals surface area contributed by atoms with Crippen LogP contribution in [0, 0.1) is 18.9 Å². The van der Waals surface area contributed by atoms with Crippen LogP contribution in [0.25, 0.3) is 37.7 Å². The third-order valence-electron chi connectivity index (χ3n) is 4.67. The van der Waals surface area contributed by atoms with Gasteiger partial charge < -0.3 is 11.8 Å². The first-order valence-electron chi connectivity index (χ1n) is 8.62. The van der Waals surface area contributed by atoms with Crippen molar-refractivity contribution >= 4 is 49.0 Å². The third kappa shape index (κ3) is 3.87. The summed E-state index contributed by atoms with van der Waals surface area (Å²) in [7, 11) is 0. The Hall–Kier alpha value is -0.637. The van der Waals surface area contributed by atoms with Crippen LogP contribution in [0.5, 0.6) is 0 Å². The van der Waals surface area contributed by atoms with Gasteiger partial charge in [-0.05, 0) is 40.3 Å².